The average molecular weight is 307 g/mol. The molecule has 0 aliphatic carbocycles. The number of H-pyrrole nitrogens is 1. The van der Waals surface area contributed by atoms with Crippen LogP contribution in [0.5, 0.6) is 0 Å². The maximum Gasteiger partial charge on any atom is 0.254 e. The van der Waals surface area contributed by atoms with Crippen LogP contribution in [0.25, 0.3) is 0 Å². The van der Waals surface area contributed by atoms with Crippen LogP contribution in [0, 0.1) is 10.6 Å². The number of nitrogens with zero attached hydrogens (tertiary/aromatic N) is 1. The number of nitrogens with one attached hydrogen (secondary N) is 2. The maximum atomic E-state index is 12.1. The first-order chi connectivity index (χ1) is 10.1. The summed E-state index contributed by atoms with van der Waals surface area (Å²) in [4.78, 5) is 28.7. The molecule has 0 spiro atoms. The van der Waals surface area contributed by atoms with Crippen LogP contribution >= 0.6 is 12.2 Å². The van der Waals surface area contributed by atoms with Crippen molar-refractivity contribution in [3.63, 3.8) is 0 Å². The highest BCUT2D eigenvalue weighted by molar-refractivity contribution is 7.71. The predicted octanol–water partition coefficient (Wildman–Crippen LogP) is 2.12. The maximum absolute atomic E-state index is 12.1. The largest absolute Gasteiger partial charge is 0.352 e. The van der Waals surface area contributed by atoms with Crippen molar-refractivity contribution in [1.82, 2.24) is 15.2 Å². The van der Waals surface area contributed by atoms with E-state index in [1.54, 1.807) is 18.3 Å². The third-order valence-electron chi connectivity index (χ3n) is 3.70. The summed E-state index contributed by atoms with van der Waals surface area (Å²) in [5.74, 6) is 0.441. The van der Waals surface area contributed by atoms with Crippen molar-refractivity contribution in [3.8, 4) is 0 Å². The number of hydrogen-bond acceptors (Lipinski definition) is 3. The van der Waals surface area contributed by atoms with Crippen LogP contribution in [-0.4, -0.2) is 41.3 Å². The summed E-state index contributed by atoms with van der Waals surface area (Å²) >= 11 is 5.05. The minimum absolute atomic E-state index is 0.111. The van der Waals surface area contributed by atoms with Crippen LogP contribution in [0.3, 0.4) is 0 Å². The molecule has 1 fully saturated rings. The topological polar surface area (TPSA) is 65.2 Å². The van der Waals surface area contributed by atoms with Crippen molar-refractivity contribution in [2.24, 2.45) is 5.92 Å². The summed E-state index contributed by atoms with van der Waals surface area (Å²) in [6.45, 7) is 4.17. The van der Waals surface area contributed by atoms with Gasteiger partial charge in [-0.05, 0) is 30.9 Å². The van der Waals surface area contributed by atoms with Crippen LogP contribution in [0.15, 0.2) is 18.3 Å². The third kappa shape index (κ3) is 4.39. The van der Waals surface area contributed by atoms with Gasteiger partial charge < -0.3 is 15.2 Å². The number of pyridine rings is 1. The minimum atomic E-state index is -0.239. The summed E-state index contributed by atoms with van der Waals surface area (Å²) in [6.07, 6.45) is 4.27. The van der Waals surface area contributed by atoms with Crippen molar-refractivity contribution < 1.29 is 9.59 Å². The normalized spacial score (nSPS) is 18.3. The van der Waals surface area contributed by atoms with Gasteiger partial charge in [0.25, 0.3) is 5.91 Å². The van der Waals surface area contributed by atoms with Crippen molar-refractivity contribution >= 4 is 24.0 Å². The van der Waals surface area contributed by atoms with E-state index >= 15 is 0 Å². The second-order valence-electron chi connectivity index (χ2n) is 5.51. The Morgan fingerprint density at radius 1 is 1.52 bits per heavy atom. The summed E-state index contributed by atoms with van der Waals surface area (Å²) < 4.78 is 0.409. The van der Waals surface area contributed by atoms with E-state index in [0.717, 1.165) is 19.5 Å². The monoisotopic (exact) mass is 307 g/mol. The van der Waals surface area contributed by atoms with E-state index in [0.29, 0.717) is 29.1 Å². The molecule has 2 rings (SSSR count). The Morgan fingerprint density at radius 3 is 3.05 bits per heavy atom. The zero-order valence-corrected chi connectivity index (χ0v) is 13.0. The molecule has 0 saturated carbocycles. The minimum Gasteiger partial charge on any atom is -0.352 e. The Kier molecular flexibility index (Phi) is 5.50. The highest BCUT2D eigenvalue weighted by Crippen LogP contribution is 2.15. The van der Waals surface area contributed by atoms with Crippen molar-refractivity contribution in [3.05, 3.63) is 28.5 Å². The summed E-state index contributed by atoms with van der Waals surface area (Å²) in [5.41, 5.74) is 0.437. The van der Waals surface area contributed by atoms with E-state index in [4.69, 9.17) is 12.2 Å². The van der Waals surface area contributed by atoms with Gasteiger partial charge in [-0.2, -0.15) is 0 Å². The number of carbonyl (C=O) groups excluding carboxylic acids is 2. The molecule has 114 valence electrons. The molecular weight excluding hydrogens is 286 g/mol. The molecule has 2 N–H and O–H groups in total. The van der Waals surface area contributed by atoms with Gasteiger partial charge in [0.2, 0.25) is 5.91 Å². The number of carbonyl (C=O) groups is 2. The molecule has 0 bridgehead atoms. The van der Waals surface area contributed by atoms with Gasteiger partial charge in [0.1, 0.15) is 4.64 Å². The van der Waals surface area contributed by atoms with E-state index in [1.165, 1.54) is 6.42 Å². The van der Waals surface area contributed by atoms with E-state index in [2.05, 4.69) is 17.2 Å². The Morgan fingerprint density at radius 2 is 2.33 bits per heavy atom. The second-order valence-corrected chi connectivity index (χ2v) is 5.91. The zero-order valence-electron chi connectivity index (χ0n) is 12.2. The van der Waals surface area contributed by atoms with Crippen LogP contribution in [0.1, 0.15) is 36.5 Å². The molecule has 1 aliphatic heterocycles. The number of likely N-dealkylation sites (tertiary alicyclic amines) is 1. The molecule has 5 nitrogen and oxygen atoms in total. The second kappa shape index (κ2) is 7.36. The van der Waals surface area contributed by atoms with Crippen LogP contribution in [0.2, 0.25) is 0 Å². The molecule has 6 heteroatoms. The summed E-state index contributed by atoms with van der Waals surface area (Å²) in [5, 5.41) is 2.75. The molecule has 1 saturated heterocycles. The first kappa shape index (κ1) is 15.7. The van der Waals surface area contributed by atoms with Gasteiger partial charge in [0.15, 0.2) is 0 Å². The first-order valence-electron chi connectivity index (χ1n) is 7.31. The van der Waals surface area contributed by atoms with Crippen LogP contribution in [-0.2, 0) is 4.79 Å². The van der Waals surface area contributed by atoms with E-state index < -0.39 is 0 Å². The lowest BCUT2D eigenvalue weighted by Crippen LogP contribution is -2.40. The first-order valence-corrected chi connectivity index (χ1v) is 7.72. The number of aromatic amines is 1. The SMILES string of the molecule is C[C@H]1CCCN(C(=O)CCNC(=O)c2ccc[nH]c2=S)C1. The van der Waals surface area contributed by atoms with Gasteiger partial charge in [-0.3, -0.25) is 9.59 Å². The fourth-order valence-electron chi connectivity index (χ4n) is 2.55. The number of aromatic nitrogens is 1. The Labute approximate surface area is 129 Å². The highest BCUT2D eigenvalue weighted by Gasteiger charge is 2.20. The van der Waals surface area contributed by atoms with Gasteiger partial charge in [0, 0.05) is 32.3 Å². The number of rotatable bonds is 4. The Hall–Kier alpha value is -1.69. The molecule has 0 unspecified atom stereocenters. The molecule has 1 aromatic rings. The van der Waals surface area contributed by atoms with Gasteiger partial charge in [0.05, 0.1) is 5.56 Å². The standard InChI is InChI=1S/C15H21N3O2S/c1-11-4-3-9-18(10-11)13(19)6-8-16-14(20)12-5-2-7-17-15(12)21/h2,5,7,11H,3-4,6,8-10H2,1H3,(H,16,20)(H,17,21)/t11-/m0/s1. The molecule has 2 amide bonds. The average Bonchev–Trinajstić information content (AvgIpc) is 2.47. The third-order valence-corrected chi connectivity index (χ3v) is 4.03. The summed E-state index contributed by atoms with van der Waals surface area (Å²) in [6, 6.07) is 3.40. The Balaban J connectivity index is 1.79. The van der Waals surface area contributed by atoms with Gasteiger partial charge >= 0.3 is 0 Å². The van der Waals surface area contributed by atoms with E-state index in [9.17, 15) is 9.59 Å². The molecule has 21 heavy (non-hydrogen) atoms. The molecule has 1 atom stereocenters. The smallest absolute Gasteiger partial charge is 0.254 e. The molecule has 2 heterocycles. The van der Waals surface area contributed by atoms with Crippen molar-refractivity contribution in [2.45, 2.75) is 26.2 Å². The Bertz CT molecular complexity index is 570. The van der Waals surface area contributed by atoms with Gasteiger partial charge in [-0.15, -0.1) is 0 Å². The lowest BCUT2D eigenvalue weighted by Gasteiger charge is -2.31. The predicted molar refractivity (Wildman–Crippen MR) is 83.6 cm³/mol. The van der Waals surface area contributed by atoms with E-state index in [1.807, 2.05) is 4.90 Å². The number of hydrogen-bond donors (Lipinski definition) is 2. The van der Waals surface area contributed by atoms with Gasteiger partial charge in [-0.1, -0.05) is 19.1 Å². The van der Waals surface area contributed by atoms with Crippen molar-refractivity contribution in [1.29, 1.82) is 0 Å². The van der Waals surface area contributed by atoms with Crippen LogP contribution < -0.4 is 5.32 Å². The quantitative estimate of drug-likeness (QED) is 0.838. The van der Waals surface area contributed by atoms with E-state index in [-0.39, 0.29) is 11.8 Å². The van der Waals surface area contributed by atoms with Crippen molar-refractivity contribution in [2.75, 3.05) is 19.6 Å². The van der Waals surface area contributed by atoms with Crippen LogP contribution in [0.4, 0.5) is 0 Å². The molecular formula is C15H21N3O2S. The molecule has 0 aromatic carbocycles. The fraction of sp³-hybridized carbons (Fsp3) is 0.533. The zero-order chi connectivity index (χ0) is 15.2. The fourth-order valence-corrected chi connectivity index (χ4v) is 2.78. The molecule has 1 aliphatic rings. The molecule has 1 aromatic heterocycles. The lowest BCUT2D eigenvalue weighted by molar-refractivity contribution is -0.132. The van der Waals surface area contributed by atoms with Gasteiger partial charge in [-0.25, -0.2) is 0 Å². The number of amides is 2. The number of piperidine rings is 1. The highest BCUT2D eigenvalue weighted by atomic mass is 32.1. The summed E-state index contributed by atoms with van der Waals surface area (Å²) in [7, 11) is 0. The molecule has 0 radical (unpaired) electrons. The lowest BCUT2D eigenvalue weighted by atomic mass is 10.00.